The minimum absolute atomic E-state index is 0.380. The van der Waals surface area contributed by atoms with Crippen molar-refractivity contribution in [2.45, 2.75) is 12.8 Å². The van der Waals surface area contributed by atoms with E-state index in [2.05, 4.69) is 10.3 Å². The summed E-state index contributed by atoms with van der Waals surface area (Å²) in [6.07, 6.45) is 2.35. The lowest BCUT2D eigenvalue weighted by atomic mass is 10.0. The van der Waals surface area contributed by atoms with E-state index in [1.807, 2.05) is 6.07 Å². The minimum atomic E-state index is 0.380. The van der Waals surface area contributed by atoms with E-state index in [0.717, 1.165) is 32.0 Å². The van der Waals surface area contributed by atoms with Gasteiger partial charge in [-0.1, -0.05) is 0 Å². The van der Waals surface area contributed by atoms with Crippen LogP contribution in [0.15, 0.2) is 12.1 Å². The van der Waals surface area contributed by atoms with Crippen LogP contribution in [0, 0.1) is 5.92 Å². The van der Waals surface area contributed by atoms with Crippen molar-refractivity contribution in [3.8, 4) is 0 Å². The number of ether oxygens (including phenoxy) is 1. The summed E-state index contributed by atoms with van der Waals surface area (Å²) in [5, 5.41) is 3.26. The average Bonchev–Trinajstić information content (AvgIpc) is 2.32. The smallest absolute Gasteiger partial charge is 0.149 e. The quantitative estimate of drug-likeness (QED) is 0.712. The standard InChI is InChI=1S/C11H18N4O/c12-9-3-4-10(15-11(9)13)14-6-8-2-1-5-16-7-8/h3-4,8H,1-2,5-7,12H2,(H3,13,14,15). The molecule has 0 bridgehead atoms. The van der Waals surface area contributed by atoms with E-state index < -0.39 is 0 Å². The molecule has 88 valence electrons. The number of nitrogens with two attached hydrogens (primary N) is 2. The van der Waals surface area contributed by atoms with E-state index in [-0.39, 0.29) is 0 Å². The van der Waals surface area contributed by atoms with Gasteiger partial charge in [-0.05, 0) is 30.9 Å². The molecular formula is C11H18N4O. The van der Waals surface area contributed by atoms with E-state index in [1.54, 1.807) is 6.07 Å². The van der Waals surface area contributed by atoms with Gasteiger partial charge in [0.2, 0.25) is 0 Å². The van der Waals surface area contributed by atoms with Crippen LogP contribution in [0.3, 0.4) is 0 Å². The summed E-state index contributed by atoms with van der Waals surface area (Å²) in [7, 11) is 0. The molecule has 1 atom stereocenters. The van der Waals surface area contributed by atoms with Crippen LogP contribution in [0.5, 0.6) is 0 Å². The van der Waals surface area contributed by atoms with Gasteiger partial charge in [-0.25, -0.2) is 4.98 Å². The van der Waals surface area contributed by atoms with Gasteiger partial charge in [0.25, 0.3) is 0 Å². The Morgan fingerprint density at radius 3 is 3.00 bits per heavy atom. The highest BCUT2D eigenvalue weighted by atomic mass is 16.5. The Morgan fingerprint density at radius 1 is 1.44 bits per heavy atom. The Morgan fingerprint density at radius 2 is 2.31 bits per heavy atom. The van der Waals surface area contributed by atoms with Crippen molar-refractivity contribution in [1.29, 1.82) is 0 Å². The largest absolute Gasteiger partial charge is 0.396 e. The summed E-state index contributed by atoms with van der Waals surface area (Å²) in [5.74, 6) is 1.72. The van der Waals surface area contributed by atoms with Crippen molar-refractivity contribution in [3.63, 3.8) is 0 Å². The van der Waals surface area contributed by atoms with Gasteiger partial charge in [0.05, 0.1) is 12.3 Å². The molecule has 5 heteroatoms. The van der Waals surface area contributed by atoms with Crippen molar-refractivity contribution in [1.82, 2.24) is 4.98 Å². The zero-order valence-electron chi connectivity index (χ0n) is 9.28. The third-order valence-electron chi connectivity index (χ3n) is 2.78. The number of nitrogen functional groups attached to an aromatic ring is 2. The zero-order chi connectivity index (χ0) is 11.4. The van der Waals surface area contributed by atoms with Crippen LogP contribution in [-0.2, 0) is 4.74 Å². The van der Waals surface area contributed by atoms with E-state index >= 15 is 0 Å². The highest BCUT2D eigenvalue weighted by Gasteiger charge is 2.13. The fourth-order valence-corrected chi connectivity index (χ4v) is 1.80. The van der Waals surface area contributed by atoms with Crippen LogP contribution in [0.2, 0.25) is 0 Å². The Kier molecular flexibility index (Phi) is 3.46. The van der Waals surface area contributed by atoms with Gasteiger partial charge in [-0.3, -0.25) is 0 Å². The number of anilines is 3. The minimum Gasteiger partial charge on any atom is -0.396 e. The maximum atomic E-state index is 5.63. The summed E-state index contributed by atoms with van der Waals surface area (Å²) in [6.45, 7) is 2.59. The lowest BCUT2D eigenvalue weighted by Crippen LogP contribution is -2.24. The van der Waals surface area contributed by atoms with Crippen LogP contribution in [-0.4, -0.2) is 24.7 Å². The Labute approximate surface area is 95.2 Å². The van der Waals surface area contributed by atoms with E-state index in [9.17, 15) is 0 Å². The lowest BCUT2D eigenvalue weighted by Gasteiger charge is -2.22. The second kappa shape index (κ2) is 5.03. The number of nitrogens with one attached hydrogen (secondary N) is 1. The van der Waals surface area contributed by atoms with E-state index in [4.69, 9.17) is 16.2 Å². The van der Waals surface area contributed by atoms with E-state index in [0.29, 0.717) is 17.4 Å². The maximum Gasteiger partial charge on any atom is 0.149 e. The fourth-order valence-electron chi connectivity index (χ4n) is 1.80. The molecule has 5 N–H and O–H groups in total. The molecule has 1 aromatic heterocycles. The summed E-state index contributed by atoms with van der Waals surface area (Å²) in [4.78, 5) is 4.16. The highest BCUT2D eigenvalue weighted by molar-refractivity contribution is 5.61. The monoisotopic (exact) mass is 222 g/mol. The van der Waals surface area contributed by atoms with Gasteiger partial charge in [0.1, 0.15) is 11.6 Å². The number of pyridine rings is 1. The third-order valence-corrected chi connectivity index (χ3v) is 2.78. The second-order valence-electron chi connectivity index (χ2n) is 4.14. The predicted octanol–water partition coefficient (Wildman–Crippen LogP) is 1.08. The van der Waals surface area contributed by atoms with Crippen molar-refractivity contribution in [2.24, 2.45) is 5.92 Å². The first-order valence-corrected chi connectivity index (χ1v) is 5.59. The Hall–Kier alpha value is -1.49. The predicted molar refractivity (Wildman–Crippen MR) is 65.1 cm³/mol. The van der Waals surface area contributed by atoms with Gasteiger partial charge >= 0.3 is 0 Å². The van der Waals surface area contributed by atoms with Gasteiger partial charge in [0.15, 0.2) is 0 Å². The van der Waals surface area contributed by atoms with Crippen LogP contribution in [0.25, 0.3) is 0 Å². The molecule has 1 aliphatic rings. The molecule has 0 spiro atoms. The van der Waals surface area contributed by atoms with Crippen LogP contribution >= 0.6 is 0 Å². The van der Waals surface area contributed by atoms with Crippen molar-refractivity contribution < 1.29 is 4.74 Å². The van der Waals surface area contributed by atoms with Gasteiger partial charge in [-0.15, -0.1) is 0 Å². The number of hydrogen-bond acceptors (Lipinski definition) is 5. The molecular weight excluding hydrogens is 204 g/mol. The molecule has 1 aliphatic heterocycles. The number of aromatic nitrogens is 1. The maximum absolute atomic E-state index is 5.63. The third kappa shape index (κ3) is 2.76. The molecule has 0 saturated carbocycles. The molecule has 2 rings (SSSR count). The van der Waals surface area contributed by atoms with Gasteiger partial charge < -0.3 is 21.5 Å². The molecule has 0 aromatic carbocycles. The van der Waals surface area contributed by atoms with Crippen molar-refractivity contribution >= 4 is 17.3 Å². The highest BCUT2D eigenvalue weighted by Crippen LogP contribution is 2.17. The Bertz CT molecular complexity index is 350. The zero-order valence-corrected chi connectivity index (χ0v) is 9.28. The fraction of sp³-hybridized carbons (Fsp3) is 0.545. The molecule has 0 amide bonds. The first kappa shape index (κ1) is 11.0. The molecule has 2 heterocycles. The topological polar surface area (TPSA) is 86.2 Å². The average molecular weight is 222 g/mol. The first-order valence-electron chi connectivity index (χ1n) is 5.59. The summed E-state index contributed by atoms with van der Waals surface area (Å²) >= 11 is 0. The molecule has 1 unspecified atom stereocenters. The molecule has 0 aliphatic carbocycles. The van der Waals surface area contributed by atoms with Crippen molar-refractivity contribution in [3.05, 3.63) is 12.1 Å². The van der Waals surface area contributed by atoms with Crippen LogP contribution in [0.4, 0.5) is 17.3 Å². The van der Waals surface area contributed by atoms with Gasteiger partial charge in [-0.2, -0.15) is 0 Å². The number of nitrogens with zero attached hydrogens (tertiary/aromatic N) is 1. The molecule has 1 aromatic rings. The van der Waals surface area contributed by atoms with Crippen LogP contribution < -0.4 is 16.8 Å². The lowest BCUT2D eigenvalue weighted by molar-refractivity contribution is 0.0595. The second-order valence-corrected chi connectivity index (χ2v) is 4.14. The summed E-state index contributed by atoms with van der Waals surface area (Å²) in [6, 6.07) is 3.61. The van der Waals surface area contributed by atoms with E-state index in [1.165, 1.54) is 6.42 Å². The Balaban J connectivity index is 1.86. The number of hydrogen-bond donors (Lipinski definition) is 3. The molecule has 5 nitrogen and oxygen atoms in total. The number of rotatable bonds is 3. The summed E-state index contributed by atoms with van der Waals surface area (Å²) in [5.41, 5.74) is 11.7. The molecule has 0 radical (unpaired) electrons. The first-order chi connectivity index (χ1) is 7.75. The summed E-state index contributed by atoms with van der Waals surface area (Å²) < 4.78 is 5.41. The SMILES string of the molecule is Nc1ccc(NCC2CCCOC2)nc1N. The molecule has 1 saturated heterocycles. The normalized spacial score (nSPS) is 20.6. The molecule has 16 heavy (non-hydrogen) atoms. The molecule has 1 fully saturated rings. The van der Waals surface area contributed by atoms with Gasteiger partial charge in [0, 0.05) is 13.2 Å². The van der Waals surface area contributed by atoms with Crippen molar-refractivity contribution in [2.75, 3.05) is 36.5 Å². The van der Waals surface area contributed by atoms with Crippen LogP contribution in [0.1, 0.15) is 12.8 Å².